The van der Waals surface area contributed by atoms with Crippen molar-refractivity contribution in [1.82, 2.24) is 20.1 Å². The number of anilines is 1. The molecule has 1 aliphatic rings. The number of benzene rings is 2. The molecule has 45 heavy (non-hydrogen) atoms. The highest BCUT2D eigenvalue weighted by atomic mass is 32.2. The fourth-order valence-corrected chi connectivity index (χ4v) is 7.33. The molecule has 0 bridgehead atoms. The molecule has 2 aromatic carbocycles. The van der Waals surface area contributed by atoms with E-state index in [1.54, 1.807) is 21.0 Å². The van der Waals surface area contributed by atoms with Crippen LogP contribution in [0.4, 0.5) is 5.00 Å². The predicted molar refractivity (Wildman–Crippen MR) is 175 cm³/mol. The molecule has 10 nitrogen and oxygen atoms in total. The van der Waals surface area contributed by atoms with E-state index in [0.29, 0.717) is 28.1 Å². The number of aromatic nitrogens is 3. The second kappa shape index (κ2) is 15.2. The maximum absolute atomic E-state index is 13.4. The summed E-state index contributed by atoms with van der Waals surface area (Å²) in [6.45, 7) is 4.61. The van der Waals surface area contributed by atoms with Crippen LogP contribution in [0.5, 0.6) is 5.75 Å². The molecule has 2 heterocycles. The lowest BCUT2D eigenvalue weighted by atomic mass is 10.1. The number of ether oxygens (including phenoxy) is 2. The van der Waals surface area contributed by atoms with Gasteiger partial charge in [-0.1, -0.05) is 54.2 Å². The summed E-state index contributed by atoms with van der Waals surface area (Å²) >= 11 is 2.75. The summed E-state index contributed by atoms with van der Waals surface area (Å²) in [5.74, 6) is 0.560. The van der Waals surface area contributed by atoms with Crippen molar-refractivity contribution in [3.8, 4) is 5.75 Å². The standard InChI is InChI=1S/C33H37N5O5S2/c1-4-43-32(41)29-25-11-8-12-26(25)45-31(29)35-30(40)21(2)44-33-37-36-27(38(33)18-17-22-9-6-5-7-10-22)20-34-28(39)19-23-13-15-24(42-3)16-14-23/h5-7,9-10,13-16,21H,4,8,11-12,17-20H2,1-3H3,(H,34,39)(H,35,40). The largest absolute Gasteiger partial charge is 0.497 e. The Labute approximate surface area is 270 Å². The van der Waals surface area contributed by atoms with E-state index in [2.05, 4.69) is 33.0 Å². The van der Waals surface area contributed by atoms with Crippen LogP contribution in [0, 0.1) is 0 Å². The van der Waals surface area contributed by atoms with Crippen LogP contribution in [-0.4, -0.2) is 51.5 Å². The third kappa shape index (κ3) is 8.12. The number of rotatable bonds is 14. The zero-order chi connectivity index (χ0) is 31.8. The maximum Gasteiger partial charge on any atom is 0.341 e. The van der Waals surface area contributed by atoms with Crippen molar-refractivity contribution in [2.24, 2.45) is 0 Å². The summed E-state index contributed by atoms with van der Waals surface area (Å²) in [5.41, 5.74) is 3.50. The van der Waals surface area contributed by atoms with Crippen LogP contribution >= 0.6 is 23.1 Å². The molecule has 1 atom stereocenters. The first-order valence-electron chi connectivity index (χ1n) is 15.0. The molecule has 0 spiro atoms. The van der Waals surface area contributed by atoms with E-state index in [0.717, 1.165) is 53.0 Å². The summed E-state index contributed by atoms with van der Waals surface area (Å²) in [4.78, 5) is 40.1. The fraction of sp³-hybridized carbons (Fsp3) is 0.364. The highest BCUT2D eigenvalue weighted by Crippen LogP contribution is 2.40. The second-order valence-corrected chi connectivity index (χ2v) is 13.0. The Hall–Kier alpha value is -4.16. The highest BCUT2D eigenvalue weighted by molar-refractivity contribution is 8.00. The van der Waals surface area contributed by atoms with Gasteiger partial charge in [-0.05, 0) is 68.4 Å². The van der Waals surface area contributed by atoms with Gasteiger partial charge in [0, 0.05) is 11.4 Å². The van der Waals surface area contributed by atoms with Crippen LogP contribution in [0.3, 0.4) is 0 Å². The minimum absolute atomic E-state index is 0.139. The number of carbonyl (C=O) groups excluding carboxylic acids is 3. The van der Waals surface area contributed by atoms with Crippen molar-refractivity contribution >= 4 is 45.9 Å². The van der Waals surface area contributed by atoms with E-state index in [1.807, 2.05) is 47.0 Å². The minimum atomic E-state index is -0.533. The van der Waals surface area contributed by atoms with E-state index in [-0.39, 0.29) is 31.4 Å². The third-order valence-electron chi connectivity index (χ3n) is 7.52. The van der Waals surface area contributed by atoms with E-state index in [4.69, 9.17) is 9.47 Å². The van der Waals surface area contributed by atoms with Crippen molar-refractivity contribution in [2.75, 3.05) is 19.0 Å². The first-order valence-corrected chi connectivity index (χ1v) is 16.7. The molecule has 0 saturated carbocycles. The predicted octanol–water partition coefficient (Wildman–Crippen LogP) is 5.23. The summed E-state index contributed by atoms with van der Waals surface area (Å²) in [5, 5.41) is 15.3. The quantitative estimate of drug-likeness (QED) is 0.141. The second-order valence-electron chi connectivity index (χ2n) is 10.6. The van der Waals surface area contributed by atoms with Gasteiger partial charge in [0.2, 0.25) is 11.8 Å². The number of aryl methyl sites for hydroxylation is 2. The summed E-state index contributed by atoms with van der Waals surface area (Å²) in [6, 6.07) is 17.5. The number of methoxy groups -OCH3 is 1. The van der Waals surface area contributed by atoms with E-state index in [9.17, 15) is 14.4 Å². The highest BCUT2D eigenvalue weighted by Gasteiger charge is 2.30. The number of thioether (sulfide) groups is 1. The zero-order valence-electron chi connectivity index (χ0n) is 25.6. The molecule has 2 amide bonds. The van der Waals surface area contributed by atoms with Gasteiger partial charge in [-0.3, -0.25) is 9.59 Å². The van der Waals surface area contributed by atoms with Crippen molar-refractivity contribution in [3.63, 3.8) is 0 Å². The molecule has 12 heteroatoms. The molecular weight excluding hydrogens is 611 g/mol. The Bertz CT molecular complexity index is 1640. The minimum Gasteiger partial charge on any atom is -0.497 e. The molecule has 0 fully saturated rings. The molecule has 5 rings (SSSR count). The van der Waals surface area contributed by atoms with E-state index >= 15 is 0 Å². The summed E-state index contributed by atoms with van der Waals surface area (Å²) in [6.07, 6.45) is 3.65. The summed E-state index contributed by atoms with van der Waals surface area (Å²) < 4.78 is 12.5. The molecule has 1 unspecified atom stereocenters. The Morgan fingerprint density at radius 2 is 1.82 bits per heavy atom. The van der Waals surface area contributed by atoms with Gasteiger partial charge in [-0.25, -0.2) is 4.79 Å². The lowest BCUT2D eigenvalue weighted by Crippen LogP contribution is -2.27. The van der Waals surface area contributed by atoms with Crippen LogP contribution < -0.4 is 15.4 Å². The molecule has 0 radical (unpaired) electrons. The van der Waals surface area contributed by atoms with Gasteiger partial charge in [0.1, 0.15) is 10.8 Å². The normalized spacial score (nSPS) is 12.8. The fourth-order valence-electron chi connectivity index (χ4n) is 5.15. The summed E-state index contributed by atoms with van der Waals surface area (Å²) in [7, 11) is 1.60. The monoisotopic (exact) mass is 647 g/mol. The molecule has 4 aromatic rings. The van der Waals surface area contributed by atoms with Gasteiger partial charge >= 0.3 is 5.97 Å². The molecule has 0 saturated heterocycles. The van der Waals surface area contributed by atoms with Crippen molar-refractivity contribution < 1.29 is 23.9 Å². The lowest BCUT2D eigenvalue weighted by molar-refractivity contribution is -0.120. The van der Waals surface area contributed by atoms with Gasteiger partial charge in [0.05, 0.1) is 37.5 Å². The van der Waals surface area contributed by atoms with Crippen LogP contribution in [-0.2, 0) is 53.1 Å². The Morgan fingerprint density at radius 1 is 1.04 bits per heavy atom. The molecule has 2 N–H and O–H groups in total. The average Bonchev–Trinajstić information content (AvgIpc) is 3.74. The molecular formula is C33H37N5O5S2. The van der Waals surface area contributed by atoms with Crippen LogP contribution in [0.1, 0.15) is 58.0 Å². The molecule has 236 valence electrons. The Balaban J connectivity index is 1.28. The SMILES string of the molecule is CCOC(=O)c1c(NC(=O)C(C)Sc2nnc(CNC(=O)Cc3ccc(OC)cc3)n2CCc2ccccc2)sc2c1CCC2. The lowest BCUT2D eigenvalue weighted by Gasteiger charge is -2.14. The number of nitrogens with one attached hydrogen (secondary N) is 2. The van der Waals surface area contributed by atoms with Crippen LogP contribution in [0.15, 0.2) is 59.8 Å². The van der Waals surface area contributed by atoms with E-state index in [1.165, 1.54) is 23.1 Å². The van der Waals surface area contributed by atoms with Gasteiger partial charge in [0.25, 0.3) is 0 Å². The van der Waals surface area contributed by atoms with Crippen molar-refractivity contribution in [1.29, 1.82) is 0 Å². The molecule has 1 aliphatic carbocycles. The van der Waals surface area contributed by atoms with Crippen molar-refractivity contribution in [2.45, 2.75) is 69.4 Å². The molecule has 2 aromatic heterocycles. The van der Waals surface area contributed by atoms with Crippen LogP contribution in [0.2, 0.25) is 0 Å². The van der Waals surface area contributed by atoms with Crippen molar-refractivity contribution in [3.05, 3.63) is 87.6 Å². The number of hydrogen-bond acceptors (Lipinski definition) is 9. The number of hydrogen-bond donors (Lipinski definition) is 2. The Kier molecular flexibility index (Phi) is 10.9. The van der Waals surface area contributed by atoms with E-state index < -0.39 is 11.2 Å². The number of carbonyl (C=O) groups is 3. The number of fused-ring (bicyclic) bond motifs is 1. The number of nitrogens with zero attached hydrogens (tertiary/aromatic N) is 3. The Morgan fingerprint density at radius 3 is 2.56 bits per heavy atom. The number of thiophene rings is 1. The van der Waals surface area contributed by atoms with Gasteiger partial charge in [-0.15, -0.1) is 21.5 Å². The molecule has 0 aliphatic heterocycles. The smallest absolute Gasteiger partial charge is 0.341 e. The topological polar surface area (TPSA) is 124 Å². The van der Waals surface area contributed by atoms with Gasteiger partial charge in [-0.2, -0.15) is 0 Å². The zero-order valence-corrected chi connectivity index (χ0v) is 27.3. The average molecular weight is 648 g/mol. The maximum atomic E-state index is 13.4. The first kappa shape index (κ1) is 32.2. The van der Waals surface area contributed by atoms with Crippen LogP contribution in [0.25, 0.3) is 0 Å². The first-order chi connectivity index (χ1) is 21.9. The number of amides is 2. The van der Waals surface area contributed by atoms with Gasteiger partial charge in [0.15, 0.2) is 11.0 Å². The number of esters is 1. The van der Waals surface area contributed by atoms with Gasteiger partial charge < -0.3 is 24.7 Å². The third-order valence-corrected chi connectivity index (χ3v) is 9.80.